The first-order valence-corrected chi connectivity index (χ1v) is 8.83. The molecule has 0 radical (unpaired) electrons. The van der Waals surface area contributed by atoms with Gasteiger partial charge in [0.2, 0.25) is 0 Å². The van der Waals surface area contributed by atoms with Gasteiger partial charge in [-0.3, -0.25) is 14.9 Å². The molecule has 2 aromatic rings. The Labute approximate surface area is 174 Å². The van der Waals surface area contributed by atoms with E-state index in [0.29, 0.717) is 5.02 Å². The van der Waals surface area contributed by atoms with Gasteiger partial charge in [0.05, 0.1) is 20.7 Å². The molecule has 0 saturated carbocycles. The fourth-order valence-electron chi connectivity index (χ4n) is 1.97. The lowest BCUT2D eigenvalue weighted by Gasteiger charge is -2.15. The van der Waals surface area contributed by atoms with Crippen molar-refractivity contribution in [3.05, 3.63) is 61.6 Å². The van der Waals surface area contributed by atoms with Crippen molar-refractivity contribution in [2.24, 2.45) is 0 Å². The van der Waals surface area contributed by atoms with Crippen molar-refractivity contribution in [2.75, 3.05) is 11.9 Å². The highest BCUT2D eigenvalue weighted by molar-refractivity contribution is 6.35. The molecule has 148 valence electrons. The third-order valence-corrected chi connectivity index (χ3v) is 4.16. The number of nitrogens with one attached hydrogen (secondary N) is 1. The molecule has 1 N–H and O–H groups in total. The molecule has 0 aliphatic carbocycles. The van der Waals surface area contributed by atoms with E-state index in [4.69, 9.17) is 44.3 Å². The Morgan fingerprint density at radius 2 is 1.86 bits per heavy atom. The summed E-state index contributed by atoms with van der Waals surface area (Å²) in [6.45, 7) is 0.826. The summed E-state index contributed by atoms with van der Waals surface area (Å²) < 4.78 is 10.3. The third kappa shape index (κ3) is 5.98. The summed E-state index contributed by atoms with van der Waals surface area (Å²) in [7, 11) is 0. The minimum atomic E-state index is -1.03. The largest absolute Gasteiger partial charge is 0.477 e. The van der Waals surface area contributed by atoms with Crippen molar-refractivity contribution in [2.45, 2.75) is 13.0 Å². The second-order valence-corrected chi connectivity index (χ2v) is 6.66. The molecule has 8 nitrogen and oxygen atoms in total. The summed E-state index contributed by atoms with van der Waals surface area (Å²) in [4.78, 5) is 33.9. The van der Waals surface area contributed by atoms with Crippen LogP contribution < -0.4 is 10.1 Å². The molecule has 0 bridgehead atoms. The van der Waals surface area contributed by atoms with Gasteiger partial charge in [-0.25, -0.2) is 4.79 Å². The van der Waals surface area contributed by atoms with E-state index in [9.17, 15) is 19.7 Å². The number of rotatable bonds is 7. The normalized spacial score (nSPS) is 11.4. The van der Waals surface area contributed by atoms with Gasteiger partial charge in [0, 0.05) is 17.2 Å². The van der Waals surface area contributed by atoms with Crippen LogP contribution in [0.25, 0.3) is 0 Å². The molecule has 0 saturated heterocycles. The molecule has 1 atom stereocenters. The average molecular weight is 448 g/mol. The number of halogens is 3. The van der Waals surface area contributed by atoms with E-state index in [1.165, 1.54) is 31.2 Å². The van der Waals surface area contributed by atoms with Gasteiger partial charge < -0.3 is 14.8 Å². The highest BCUT2D eigenvalue weighted by Gasteiger charge is 2.19. The van der Waals surface area contributed by atoms with Crippen LogP contribution >= 0.6 is 34.8 Å². The number of anilines is 1. The molecule has 0 spiro atoms. The van der Waals surface area contributed by atoms with E-state index >= 15 is 0 Å². The Bertz CT molecular complexity index is 922. The fraction of sp³-hybridized carbons (Fsp3) is 0.176. The lowest BCUT2D eigenvalue weighted by Crippen LogP contribution is -2.29. The smallest absolute Gasteiger partial charge is 0.347 e. The SMILES string of the molecule is C[C@H](Oc1ccc(Cl)cc1Cl)C(=O)OCC(=O)Nc1ccc([N+](=O)[O-])cc1Cl. The number of amides is 1. The van der Waals surface area contributed by atoms with E-state index in [1.54, 1.807) is 6.07 Å². The molecule has 0 aromatic heterocycles. The van der Waals surface area contributed by atoms with E-state index < -0.39 is 29.5 Å². The maximum absolute atomic E-state index is 12.0. The van der Waals surface area contributed by atoms with Crippen molar-refractivity contribution in [1.82, 2.24) is 0 Å². The maximum Gasteiger partial charge on any atom is 0.347 e. The Balaban J connectivity index is 1.88. The van der Waals surface area contributed by atoms with E-state index in [1.807, 2.05) is 0 Å². The maximum atomic E-state index is 12.0. The molecule has 0 unspecified atom stereocenters. The van der Waals surface area contributed by atoms with Crippen molar-refractivity contribution in [3.63, 3.8) is 0 Å². The van der Waals surface area contributed by atoms with Crippen LogP contribution in [0.2, 0.25) is 15.1 Å². The second kappa shape index (κ2) is 9.59. The number of carbonyl (C=O) groups is 2. The van der Waals surface area contributed by atoms with Gasteiger partial charge in [0.25, 0.3) is 11.6 Å². The lowest BCUT2D eigenvalue weighted by atomic mass is 10.3. The minimum Gasteiger partial charge on any atom is -0.477 e. The predicted molar refractivity (Wildman–Crippen MR) is 104 cm³/mol. The number of hydrogen-bond donors (Lipinski definition) is 1. The van der Waals surface area contributed by atoms with Crippen LogP contribution in [0.1, 0.15) is 6.92 Å². The van der Waals surface area contributed by atoms with Crippen LogP contribution in [0.4, 0.5) is 11.4 Å². The van der Waals surface area contributed by atoms with Gasteiger partial charge in [-0.1, -0.05) is 34.8 Å². The topological polar surface area (TPSA) is 108 Å². The van der Waals surface area contributed by atoms with Crippen molar-refractivity contribution < 1.29 is 24.0 Å². The summed E-state index contributed by atoms with van der Waals surface area (Å²) in [5, 5.41) is 13.7. The zero-order valence-corrected chi connectivity index (χ0v) is 16.5. The number of carbonyl (C=O) groups excluding carboxylic acids is 2. The van der Waals surface area contributed by atoms with Crippen LogP contribution in [-0.4, -0.2) is 29.5 Å². The third-order valence-electron chi connectivity index (χ3n) is 3.31. The lowest BCUT2D eigenvalue weighted by molar-refractivity contribution is -0.384. The molecule has 11 heteroatoms. The summed E-state index contributed by atoms with van der Waals surface area (Å²) in [6, 6.07) is 8.04. The van der Waals surface area contributed by atoms with Crippen molar-refractivity contribution in [3.8, 4) is 5.75 Å². The zero-order chi connectivity index (χ0) is 20.8. The van der Waals surface area contributed by atoms with E-state index in [2.05, 4.69) is 5.32 Å². The molecule has 0 fully saturated rings. The van der Waals surface area contributed by atoms with E-state index in [-0.39, 0.29) is 27.2 Å². The van der Waals surface area contributed by atoms with Gasteiger partial charge in [-0.2, -0.15) is 0 Å². The van der Waals surface area contributed by atoms with Crippen LogP contribution in [-0.2, 0) is 14.3 Å². The number of esters is 1. The number of benzene rings is 2. The zero-order valence-electron chi connectivity index (χ0n) is 14.3. The quantitative estimate of drug-likeness (QED) is 0.380. The highest BCUT2D eigenvalue weighted by Crippen LogP contribution is 2.28. The number of nitro groups is 1. The number of ether oxygens (including phenoxy) is 2. The van der Waals surface area contributed by atoms with Crippen LogP contribution in [0, 0.1) is 10.1 Å². The Morgan fingerprint density at radius 1 is 1.14 bits per heavy atom. The van der Waals surface area contributed by atoms with Gasteiger partial charge in [-0.15, -0.1) is 0 Å². The van der Waals surface area contributed by atoms with Gasteiger partial charge in [0.1, 0.15) is 5.75 Å². The molecule has 2 rings (SSSR count). The summed E-state index contributed by atoms with van der Waals surface area (Å²) in [6.07, 6.45) is -1.03. The Morgan fingerprint density at radius 3 is 2.46 bits per heavy atom. The Kier molecular flexibility index (Phi) is 7.45. The number of hydrogen-bond acceptors (Lipinski definition) is 6. The standard InChI is InChI=1S/C17H13Cl3N2O6/c1-9(28-15-5-2-10(18)6-13(15)20)17(24)27-8-16(23)21-14-4-3-11(22(25)26)7-12(14)19/h2-7,9H,8H2,1H3,(H,21,23)/t9-/m0/s1. The van der Waals surface area contributed by atoms with Gasteiger partial charge >= 0.3 is 5.97 Å². The van der Waals surface area contributed by atoms with Crippen molar-refractivity contribution >= 4 is 58.1 Å². The number of nitrogens with zero attached hydrogens (tertiary/aromatic N) is 1. The summed E-state index contributed by atoms with van der Waals surface area (Å²) in [5.74, 6) is -1.24. The Hall–Kier alpha value is -2.55. The molecular formula is C17H13Cl3N2O6. The number of nitro benzene ring substituents is 1. The molecular weight excluding hydrogens is 435 g/mol. The second-order valence-electron chi connectivity index (χ2n) is 5.41. The average Bonchev–Trinajstić information content (AvgIpc) is 2.63. The monoisotopic (exact) mass is 446 g/mol. The highest BCUT2D eigenvalue weighted by atomic mass is 35.5. The molecule has 0 heterocycles. The predicted octanol–water partition coefficient (Wildman–Crippen LogP) is 4.50. The first-order valence-electron chi connectivity index (χ1n) is 7.69. The van der Waals surface area contributed by atoms with Gasteiger partial charge in [-0.05, 0) is 31.2 Å². The van der Waals surface area contributed by atoms with Crippen molar-refractivity contribution in [1.29, 1.82) is 0 Å². The summed E-state index contributed by atoms with van der Waals surface area (Å²) in [5.41, 5.74) is -0.0770. The van der Waals surface area contributed by atoms with E-state index in [0.717, 1.165) is 6.07 Å². The van der Waals surface area contributed by atoms with Crippen LogP contribution in [0.15, 0.2) is 36.4 Å². The molecule has 0 aliphatic heterocycles. The minimum absolute atomic E-state index is 0.0250. The first-order chi connectivity index (χ1) is 13.2. The molecule has 28 heavy (non-hydrogen) atoms. The van der Waals surface area contributed by atoms with Crippen LogP contribution in [0.5, 0.6) is 5.75 Å². The fourth-order valence-corrected chi connectivity index (χ4v) is 2.64. The summed E-state index contributed by atoms with van der Waals surface area (Å²) >= 11 is 17.6. The van der Waals surface area contributed by atoms with Crippen LogP contribution in [0.3, 0.4) is 0 Å². The number of non-ortho nitro benzene ring substituents is 1. The molecule has 1 amide bonds. The first kappa shape index (κ1) is 21.7. The molecule has 2 aromatic carbocycles. The molecule has 0 aliphatic rings. The van der Waals surface area contributed by atoms with Gasteiger partial charge in [0.15, 0.2) is 12.7 Å².